The highest BCUT2D eigenvalue weighted by atomic mass is 16.3. The van der Waals surface area contributed by atoms with Crippen molar-refractivity contribution in [1.82, 2.24) is 15.1 Å². The lowest BCUT2D eigenvalue weighted by atomic mass is 10.1. The number of benzene rings is 1. The third kappa shape index (κ3) is 6.57. The van der Waals surface area contributed by atoms with Crippen molar-refractivity contribution >= 4 is 11.8 Å². The Bertz CT molecular complexity index is 753. The summed E-state index contributed by atoms with van der Waals surface area (Å²) in [5.41, 5.74) is 1.58. The fourth-order valence-electron chi connectivity index (χ4n) is 2.81. The summed E-state index contributed by atoms with van der Waals surface area (Å²) in [4.78, 5) is 28.9. The maximum absolute atomic E-state index is 13.0. The van der Waals surface area contributed by atoms with Gasteiger partial charge in [-0.2, -0.15) is 0 Å². The van der Waals surface area contributed by atoms with E-state index in [2.05, 4.69) is 5.32 Å². The topological polar surface area (TPSA) is 65.8 Å². The van der Waals surface area contributed by atoms with Gasteiger partial charge in [-0.1, -0.05) is 30.3 Å². The van der Waals surface area contributed by atoms with E-state index in [1.807, 2.05) is 56.3 Å². The summed E-state index contributed by atoms with van der Waals surface area (Å²) in [5.74, 6) is 1.14. The Morgan fingerprint density at radius 1 is 1.07 bits per heavy atom. The van der Waals surface area contributed by atoms with Crippen LogP contribution in [0.25, 0.3) is 0 Å². The molecule has 1 N–H and O–H groups in total. The van der Waals surface area contributed by atoms with Crippen molar-refractivity contribution in [2.75, 3.05) is 33.7 Å². The van der Waals surface area contributed by atoms with E-state index in [-0.39, 0.29) is 18.2 Å². The fourth-order valence-corrected chi connectivity index (χ4v) is 2.81. The number of hydrogen-bond donors (Lipinski definition) is 1. The first-order valence-electron chi connectivity index (χ1n) is 9.18. The summed E-state index contributed by atoms with van der Waals surface area (Å²) >= 11 is 0. The summed E-state index contributed by atoms with van der Waals surface area (Å²) in [6, 6.07) is 11.5. The summed E-state index contributed by atoms with van der Waals surface area (Å²) in [7, 11) is 3.92. The number of furan rings is 1. The number of amides is 2. The molecule has 0 bridgehead atoms. The first-order chi connectivity index (χ1) is 12.9. The zero-order valence-electron chi connectivity index (χ0n) is 16.6. The van der Waals surface area contributed by atoms with Gasteiger partial charge in [-0.25, -0.2) is 0 Å². The summed E-state index contributed by atoms with van der Waals surface area (Å²) in [6.07, 6.45) is 0.266. The number of nitrogens with zero attached hydrogens (tertiary/aromatic N) is 2. The Labute approximate surface area is 161 Å². The minimum atomic E-state index is -0.116. The molecule has 6 nitrogen and oxygen atoms in total. The van der Waals surface area contributed by atoms with E-state index >= 15 is 0 Å². The van der Waals surface area contributed by atoms with Crippen LogP contribution in [0.1, 0.15) is 33.9 Å². The zero-order chi connectivity index (χ0) is 19.8. The highest BCUT2D eigenvalue weighted by Gasteiger charge is 2.21. The molecule has 0 spiro atoms. The van der Waals surface area contributed by atoms with Crippen LogP contribution in [-0.2, 0) is 11.3 Å². The molecule has 6 heteroatoms. The van der Waals surface area contributed by atoms with Gasteiger partial charge in [0.2, 0.25) is 5.91 Å². The van der Waals surface area contributed by atoms with Gasteiger partial charge in [0.05, 0.1) is 5.56 Å². The van der Waals surface area contributed by atoms with Crippen LogP contribution in [0, 0.1) is 13.8 Å². The molecule has 0 saturated carbocycles. The quantitative estimate of drug-likeness (QED) is 0.736. The average molecular weight is 371 g/mol. The van der Waals surface area contributed by atoms with Crippen molar-refractivity contribution in [1.29, 1.82) is 0 Å². The zero-order valence-corrected chi connectivity index (χ0v) is 16.6. The van der Waals surface area contributed by atoms with Crippen LogP contribution in [0.2, 0.25) is 0 Å². The van der Waals surface area contributed by atoms with Crippen LogP contribution in [0.5, 0.6) is 0 Å². The Morgan fingerprint density at radius 3 is 2.37 bits per heavy atom. The highest BCUT2D eigenvalue weighted by molar-refractivity contribution is 5.95. The standard InChI is InChI=1S/C21H29N3O3/c1-16-14-19(17(2)27-16)21(26)24(15-18-8-6-5-7-9-18)12-10-20(25)22-11-13-23(3)4/h5-9,14H,10-13,15H2,1-4H3,(H,22,25). The van der Waals surface area contributed by atoms with Gasteiger partial charge in [-0.15, -0.1) is 0 Å². The van der Waals surface area contributed by atoms with Gasteiger partial charge >= 0.3 is 0 Å². The molecule has 1 aromatic carbocycles. The molecule has 0 atom stereocenters. The molecule has 2 aromatic rings. The van der Waals surface area contributed by atoms with Crippen LogP contribution >= 0.6 is 0 Å². The number of nitrogens with one attached hydrogen (secondary N) is 1. The number of rotatable bonds is 9. The van der Waals surface area contributed by atoms with Crippen molar-refractivity contribution in [3.05, 3.63) is 59.0 Å². The van der Waals surface area contributed by atoms with Crippen LogP contribution in [0.3, 0.4) is 0 Å². The summed E-state index contributed by atoms with van der Waals surface area (Å²) in [5, 5.41) is 2.89. The van der Waals surface area contributed by atoms with E-state index in [1.165, 1.54) is 0 Å². The molecule has 1 heterocycles. The Balaban J connectivity index is 2.04. The lowest BCUT2D eigenvalue weighted by Crippen LogP contribution is -2.36. The largest absolute Gasteiger partial charge is 0.466 e. The van der Waals surface area contributed by atoms with E-state index in [4.69, 9.17) is 4.42 Å². The summed E-state index contributed by atoms with van der Waals surface area (Å²) < 4.78 is 5.51. The van der Waals surface area contributed by atoms with Gasteiger partial charge in [0.1, 0.15) is 11.5 Å². The first kappa shape index (κ1) is 20.7. The highest BCUT2D eigenvalue weighted by Crippen LogP contribution is 2.18. The number of carbonyl (C=O) groups is 2. The monoisotopic (exact) mass is 371 g/mol. The molecule has 2 amide bonds. The third-order valence-electron chi connectivity index (χ3n) is 4.26. The van der Waals surface area contributed by atoms with Crippen LogP contribution in [-0.4, -0.2) is 55.3 Å². The van der Waals surface area contributed by atoms with E-state index in [9.17, 15) is 9.59 Å². The number of carbonyl (C=O) groups excluding carboxylic acids is 2. The van der Waals surface area contributed by atoms with Crippen LogP contribution in [0.4, 0.5) is 0 Å². The van der Waals surface area contributed by atoms with Crippen molar-refractivity contribution in [2.45, 2.75) is 26.8 Å². The van der Waals surface area contributed by atoms with Gasteiger partial charge in [-0.05, 0) is 39.6 Å². The van der Waals surface area contributed by atoms with E-state index in [0.717, 1.165) is 12.1 Å². The second-order valence-corrected chi connectivity index (χ2v) is 6.94. The molecular weight excluding hydrogens is 342 g/mol. The minimum Gasteiger partial charge on any atom is -0.466 e. The Hall–Kier alpha value is -2.60. The maximum Gasteiger partial charge on any atom is 0.257 e. The number of likely N-dealkylation sites (N-methyl/N-ethyl adjacent to an activating group) is 1. The molecule has 0 aliphatic carbocycles. The molecule has 2 rings (SSSR count). The molecule has 0 radical (unpaired) electrons. The van der Waals surface area contributed by atoms with Crippen molar-refractivity contribution < 1.29 is 14.0 Å². The lowest BCUT2D eigenvalue weighted by Gasteiger charge is -2.22. The summed E-state index contributed by atoms with van der Waals surface area (Å²) in [6.45, 7) is 5.79. The minimum absolute atomic E-state index is 0.0530. The van der Waals surface area contributed by atoms with Gasteiger partial charge in [-0.3, -0.25) is 9.59 Å². The molecule has 1 aromatic heterocycles. The van der Waals surface area contributed by atoms with Gasteiger partial charge in [0.15, 0.2) is 0 Å². The Morgan fingerprint density at radius 2 is 1.78 bits per heavy atom. The molecule has 0 aliphatic heterocycles. The van der Waals surface area contributed by atoms with Crippen LogP contribution < -0.4 is 5.32 Å². The third-order valence-corrected chi connectivity index (χ3v) is 4.26. The van der Waals surface area contributed by atoms with Crippen molar-refractivity contribution in [2.24, 2.45) is 0 Å². The SMILES string of the molecule is Cc1cc(C(=O)N(CCC(=O)NCCN(C)C)Cc2ccccc2)c(C)o1. The predicted octanol–water partition coefficient (Wildman–Crippen LogP) is 2.61. The Kier molecular flexibility index (Phi) is 7.61. The molecule has 0 unspecified atom stereocenters. The molecule has 0 saturated heterocycles. The van der Waals surface area contributed by atoms with E-state index < -0.39 is 0 Å². The van der Waals surface area contributed by atoms with E-state index in [1.54, 1.807) is 17.9 Å². The van der Waals surface area contributed by atoms with Gasteiger partial charge in [0, 0.05) is 32.6 Å². The number of aryl methyl sites for hydroxylation is 2. The second-order valence-electron chi connectivity index (χ2n) is 6.94. The lowest BCUT2D eigenvalue weighted by molar-refractivity contribution is -0.121. The fraction of sp³-hybridized carbons (Fsp3) is 0.429. The van der Waals surface area contributed by atoms with Gasteiger partial charge in [0.25, 0.3) is 5.91 Å². The number of hydrogen-bond acceptors (Lipinski definition) is 4. The maximum atomic E-state index is 13.0. The molecule has 27 heavy (non-hydrogen) atoms. The molecule has 0 aliphatic rings. The second kappa shape index (κ2) is 9.92. The molecular formula is C21H29N3O3. The smallest absolute Gasteiger partial charge is 0.257 e. The first-order valence-corrected chi connectivity index (χ1v) is 9.18. The average Bonchev–Trinajstić information content (AvgIpc) is 2.96. The van der Waals surface area contributed by atoms with Crippen molar-refractivity contribution in [3.63, 3.8) is 0 Å². The van der Waals surface area contributed by atoms with Crippen LogP contribution in [0.15, 0.2) is 40.8 Å². The molecule has 146 valence electrons. The molecule has 0 fully saturated rings. The normalized spacial score (nSPS) is 10.9. The van der Waals surface area contributed by atoms with E-state index in [0.29, 0.717) is 36.7 Å². The van der Waals surface area contributed by atoms with Gasteiger partial charge < -0.3 is 19.5 Å². The predicted molar refractivity (Wildman–Crippen MR) is 106 cm³/mol. The van der Waals surface area contributed by atoms with Crippen molar-refractivity contribution in [3.8, 4) is 0 Å².